The minimum atomic E-state index is 0.556. The number of benzene rings is 2. The first-order chi connectivity index (χ1) is 12.7. The summed E-state index contributed by atoms with van der Waals surface area (Å²) < 4.78 is 5.58. The SMILES string of the molecule is CN=C(NCCc1ccccc1)NCc1coc(-c2ccc(C)cc2)n1. The summed E-state index contributed by atoms with van der Waals surface area (Å²) in [6.07, 6.45) is 2.63. The molecule has 2 aromatic carbocycles. The first-order valence-electron chi connectivity index (χ1n) is 8.74. The number of aromatic nitrogens is 1. The average Bonchev–Trinajstić information content (AvgIpc) is 3.15. The van der Waals surface area contributed by atoms with Gasteiger partial charge in [-0.1, -0.05) is 48.0 Å². The van der Waals surface area contributed by atoms with Crippen LogP contribution in [0.1, 0.15) is 16.8 Å². The van der Waals surface area contributed by atoms with Crippen LogP contribution in [0.15, 0.2) is 70.3 Å². The number of oxazole rings is 1. The fourth-order valence-electron chi connectivity index (χ4n) is 2.58. The summed E-state index contributed by atoms with van der Waals surface area (Å²) in [5.74, 6) is 1.38. The Morgan fingerprint density at radius 3 is 2.54 bits per heavy atom. The summed E-state index contributed by atoms with van der Waals surface area (Å²) in [7, 11) is 1.76. The molecule has 0 bridgehead atoms. The summed E-state index contributed by atoms with van der Waals surface area (Å²) in [6.45, 7) is 3.43. The number of nitrogens with zero attached hydrogens (tertiary/aromatic N) is 2. The maximum absolute atomic E-state index is 5.58. The Kier molecular flexibility index (Phi) is 6.04. The van der Waals surface area contributed by atoms with Gasteiger partial charge in [0.1, 0.15) is 6.26 Å². The second-order valence-electron chi connectivity index (χ2n) is 6.10. The van der Waals surface area contributed by atoms with Crippen LogP contribution in [0, 0.1) is 6.92 Å². The van der Waals surface area contributed by atoms with Crippen LogP contribution in [0.5, 0.6) is 0 Å². The molecule has 0 radical (unpaired) electrons. The highest BCUT2D eigenvalue weighted by Gasteiger charge is 2.07. The maximum atomic E-state index is 5.58. The van der Waals surface area contributed by atoms with E-state index in [1.54, 1.807) is 13.3 Å². The number of hydrogen-bond acceptors (Lipinski definition) is 3. The zero-order chi connectivity index (χ0) is 18.2. The lowest BCUT2D eigenvalue weighted by atomic mass is 10.1. The van der Waals surface area contributed by atoms with Crippen molar-refractivity contribution in [1.29, 1.82) is 0 Å². The number of hydrogen-bond donors (Lipinski definition) is 2. The highest BCUT2D eigenvalue weighted by atomic mass is 16.3. The highest BCUT2D eigenvalue weighted by molar-refractivity contribution is 5.79. The van der Waals surface area contributed by atoms with Gasteiger partial charge in [-0.3, -0.25) is 4.99 Å². The van der Waals surface area contributed by atoms with Gasteiger partial charge in [-0.2, -0.15) is 0 Å². The van der Waals surface area contributed by atoms with Crippen LogP contribution >= 0.6 is 0 Å². The number of aryl methyl sites for hydroxylation is 1. The molecule has 0 aliphatic heterocycles. The van der Waals surface area contributed by atoms with E-state index >= 15 is 0 Å². The molecule has 0 saturated heterocycles. The molecule has 0 fully saturated rings. The molecule has 0 aliphatic carbocycles. The third-order valence-electron chi connectivity index (χ3n) is 4.06. The predicted molar refractivity (Wildman–Crippen MR) is 105 cm³/mol. The molecular weight excluding hydrogens is 324 g/mol. The Labute approximate surface area is 154 Å². The summed E-state index contributed by atoms with van der Waals surface area (Å²) in [6, 6.07) is 18.5. The van der Waals surface area contributed by atoms with Crippen molar-refractivity contribution in [2.45, 2.75) is 19.9 Å². The molecule has 2 N–H and O–H groups in total. The number of aliphatic imine (C=N–C) groups is 1. The van der Waals surface area contributed by atoms with Crippen LogP contribution < -0.4 is 10.6 Å². The third-order valence-corrected chi connectivity index (χ3v) is 4.06. The molecule has 0 amide bonds. The van der Waals surface area contributed by atoms with Crippen molar-refractivity contribution >= 4 is 5.96 Å². The van der Waals surface area contributed by atoms with Gasteiger partial charge in [0.15, 0.2) is 5.96 Å². The van der Waals surface area contributed by atoms with Gasteiger partial charge in [0.2, 0.25) is 5.89 Å². The Bertz CT molecular complexity index is 838. The molecule has 0 aliphatic rings. The van der Waals surface area contributed by atoms with Crippen molar-refractivity contribution in [3.05, 3.63) is 77.7 Å². The molecule has 5 nitrogen and oxygen atoms in total. The van der Waals surface area contributed by atoms with Crippen LogP contribution in [-0.2, 0) is 13.0 Å². The van der Waals surface area contributed by atoms with Crippen LogP contribution in [0.4, 0.5) is 0 Å². The van der Waals surface area contributed by atoms with Crippen LogP contribution in [0.3, 0.4) is 0 Å². The van der Waals surface area contributed by atoms with Crippen molar-refractivity contribution in [2.75, 3.05) is 13.6 Å². The molecule has 3 rings (SSSR count). The van der Waals surface area contributed by atoms with Crippen LogP contribution in [-0.4, -0.2) is 24.5 Å². The number of rotatable bonds is 6. The molecular formula is C21H24N4O. The Morgan fingerprint density at radius 1 is 1.04 bits per heavy atom. The van der Waals surface area contributed by atoms with E-state index in [9.17, 15) is 0 Å². The topological polar surface area (TPSA) is 62.5 Å². The first kappa shape index (κ1) is 17.7. The third kappa shape index (κ3) is 4.96. The fourth-order valence-corrected chi connectivity index (χ4v) is 2.58. The van der Waals surface area contributed by atoms with Gasteiger partial charge in [-0.15, -0.1) is 0 Å². The molecule has 134 valence electrons. The van der Waals surface area contributed by atoms with Gasteiger partial charge in [0.25, 0.3) is 0 Å². The van der Waals surface area contributed by atoms with E-state index in [2.05, 4.69) is 63.9 Å². The second kappa shape index (κ2) is 8.85. The van der Waals surface area contributed by atoms with E-state index in [-0.39, 0.29) is 0 Å². The summed E-state index contributed by atoms with van der Waals surface area (Å²) in [5, 5.41) is 6.58. The van der Waals surface area contributed by atoms with Gasteiger partial charge < -0.3 is 15.1 Å². The average molecular weight is 348 g/mol. The lowest BCUT2D eigenvalue weighted by molar-refractivity contribution is 0.572. The molecule has 0 saturated carbocycles. The minimum Gasteiger partial charge on any atom is -0.444 e. The molecule has 5 heteroatoms. The monoisotopic (exact) mass is 348 g/mol. The smallest absolute Gasteiger partial charge is 0.226 e. The van der Waals surface area contributed by atoms with Crippen molar-refractivity contribution in [2.24, 2.45) is 4.99 Å². The molecule has 1 heterocycles. The normalized spacial score (nSPS) is 11.4. The summed E-state index contributed by atoms with van der Waals surface area (Å²) >= 11 is 0. The first-order valence-corrected chi connectivity index (χ1v) is 8.74. The lowest BCUT2D eigenvalue weighted by Gasteiger charge is -2.10. The van der Waals surface area contributed by atoms with Gasteiger partial charge in [-0.25, -0.2) is 4.98 Å². The molecule has 0 unspecified atom stereocenters. The number of nitrogens with one attached hydrogen (secondary N) is 2. The molecule has 0 atom stereocenters. The quantitative estimate of drug-likeness (QED) is 0.528. The Morgan fingerprint density at radius 2 is 1.81 bits per heavy atom. The van der Waals surface area contributed by atoms with E-state index in [0.29, 0.717) is 12.4 Å². The van der Waals surface area contributed by atoms with Gasteiger partial charge in [0, 0.05) is 19.2 Å². The van der Waals surface area contributed by atoms with E-state index in [0.717, 1.165) is 30.2 Å². The van der Waals surface area contributed by atoms with E-state index in [1.165, 1.54) is 11.1 Å². The largest absolute Gasteiger partial charge is 0.444 e. The second-order valence-corrected chi connectivity index (χ2v) is 6.10. The highest BCUT2D eigenvalue weighted by Crippen LogP contribution is 2.18. The van der Waals surface area contributed by atoms with E-state index in [4.69, 9.17) is 4.42 Å². The van der Waals surface area contributed by atoms with Gasteiger partial charge in [0.05, 0.1) is 12.2 Å². The number of guanidine groups is 1. The molecule has 0 spiro atoms. The summed E-state index contributed by atoms with van der Waals surface area (Å²) in [5.41, 5.74) is 4.33. The summed E-state index contributed by atoms with van der Waals surface area (Å²) in [4.78, 5) is 8.78. The van der Waals surface area contributed by atoms with Crippen molar-refractivity contribution in [3.8, 4) is 11.5 Å². The van der Waals surface area contributed by atoms with Gasteiger partial charge in [-0.05, 0) is 31.0 Å². The predicted octanol–water partition coefficient (Wildman–Crippen LogP) is 3.56. The van der Waals surface area contributed by atoms with Crippen LogP contribution in [0.25, 0.3) is 11.5 Å². The minimum absolute atomic E-state index is 0.556. The lowest BCUT2D eigenvalue weighted by Crippen LogP contribution is -2.37. The van der Waals surface area contributed by atoms with Gasteiger partial charge >= 0.3 is 0 Å². The van der Waals surface area contributed by atoms with E-state index in [1.807, 2.05) is 18.2 Å². The standard InChI is InChI=1S/C21H24N4O/c1-16-8-10-18(11-9-16)20-25-19(15-26-20)14-24-21(22-2)23-13-12-17-6-4-3-5-7-17/h3-11,15H,12-14H2,1-2H3,(H2,22,23,24). The van der Waals surface area contributed by atoms with Crippen molar-refractivity contribution in [1.82, 2.24) is 15.6 Å². The van der Waals surface area contributed by atoms with E-state index < -0.39 is 0 Å². The van der Waals surface area contributed by atoms with Crippen molar-refractivity contribution < 1.29 is 4.42 Å². The zero-order valence-electron chi connectivity index (χ0n) is 15.2. The molecule has 1 aromatic heterocycles. The maximum Gasteiger partial charge on any atom is 0.226 e. The fraction of sp³-hybridized carbons (Fsp3) is 0.238. The van der Waals surface area contributed by atoms with Crippen LogP contribution in [0.2, 0.25) is 0 Å². The Balaban J connectivity index is 1.49. The zero-order valence-corrected chi connectivity index (χ0v) is 15.2. The van der Waals surface area contributed by atoms with Crippen molar-refractivity contribution in [3.63, 3.8) is 0 Å². The Hall–Kier alpha value is -3.08. The molecule has 3 aromatic rings. The molecule has 26 heavy (non-hydrogen) atoms.